The van der Waals surface area contributed by atoms with Crippen LogP contribution in [0.2, 0.25) is 0 Å². The molecule has 1 rings (SSSR count). The summed E-state index contributed by atoms with van der Waals surface area (Å²) in [6, 6.07) is 0. The number of carbonyl (C=O) groups excluding carboxylic acids is 1. The molecule has 0 aliphatic rings. The molecule has 1 aromatic rings. The molecule has 1 aromatic heterocycles. The van der Waals surface area contributed by atoms with E-state index in [0.29, 0.717) is 18.2 Å². The van der Waals surface area contributed by atoms with Gasteiger partial charge >= 0.3 is 5.97 Å². The number of unbranched alkanes of at least 4 members (excludes halogenated alkanes) is 3. The predicted octanol–water partition coefficient (Wildman–Crippen LogP) is 3.06. The highest BCUT2D eigenvalue weighted by Crippen LogP contribution is 2.12. The molecule has 0 bridgehead atoms. The van der Waals surface area contributed by atoms with Crippen LogP contribution in [0.5, 0.6) is 0 Å². The van der Waals surface area contributed by atoms with E-state index in [1.807, 2.05) is 0 Å². The number of hydrogen-bond acceptors (Lipinski definition) is 4. The molecule has 108 valence electrons. The lowest BCUT2D eigenvalue weighted by Gasteiger charge is -2.10. The molecule has 19 heavy (non-hydrogen) atoms. The van der Waals surface area contributed by atoms with Crippen molar-refractivity contribution in [3.63, 3.8) is 0 Å². The van der Waals surface area contributed by atoms with Crippen molar-refractivity contribution in [2.75, 3.05) is 6.61 Å². The van der Waals surface area contributed by atoms with Gasteiger partial charge in [-0.1, -0.05) is 44.7 Å². The van der Waals surface area contributed by atoms with Crippen LogP contribution in [-0.2, 0) is 11.3 Å². The van der Waals surface area contributed by atoms with E-state index in [9.17, 15) is 4.79 Å². The number of carbonyl (C=O) groups is 1. The van der Waals surface area contributed by atoms with E-state index < -0.39 is 5.97 Å². The zero-order chi connectivity index (χ0) is 14.1. The molecule has 0 aliphatic carbocycles. The number of ether oxygens (including phenoxy) is 1. The van der Waals surface area contributed by atoms with Crippen LogP contribution < -0.4 is 0 Å². The van der Waals surface area contributed by atoms with Gasteiger partial charge in [0.05, 0.1) is 12.8 Å². The molecular weight excluding hydrogens is 242 g/mol. The molecule has 0 saturated carbocycles. The average molecular weight is 267 g/mol. The van der Waals surface area contributed by atoms with Crippen LogP contribution in [0.4, 0.5) is 0 Å². The third-order valence-electron chi connectivity index (χ3n) is 3.07. The van der Waals surface area contributed by atoms with Crippen molar-refractivity contribution in [3.8, 4) is 0 Å². The summed E-state index contributed by atoms with van der Waals surface area (Å²) in [6.07, 6.45) is 7.99. The van der Waals surface area contributed by atoms with Crippen molar-refractivity contribution in [3.05, 3.63) is 11.9 Å². The minimum atomic E-state index is -0.399. The van der Waals surface area contributed by atoms with E-state index in [1.54, 1.807) is 17.8 Å². The molecule has 0 saturated heterocycles. The van der Waals surface area contributed by atoms with Crippen LogP contribution in [0.15, 0.2) is 6.20 Å². The molecule has 1 unspecified atom stereocenters. The molecule has 5 nitrogen and oxygen atoms in total. The molecule has 1 heterocycles. The van der Waals surface area contributed by atoms with E-state index in [1.165, 1.54) is 32.1 Å². The molecule has 0 aromatic carbocycles. The summed E-state index contributed by atoms with van der Waals surface area (Å²) < 4.78 is 6.62. The highest BCUT2D eigenvalue weighted by atomic mass is 16.5. The lowest BCUT2D eigenvalue weighted by Crippen LogP contribution is -2.08. The van der Waals surface area contributed by atoms with Crippen molar-refractivity contribution < 1.29 is 9.53 Å². The van der Waals surface area contributed by atoms with Crippen molar-refractivity contribution in [1.82, 2.24) is 15.0 Å². The summed E-state index contributed by atoms with van der Waals surface area (Å²) in [5.74, 6) is 0.151. The number of rotatable bonds is 9. The van der Waals surface area contributed by atoms with Crippen LogP contribution in [0.1, 0.15) is 63.4 Å². The summed E-state index contributed by atoms with van der Waals surface area (Å²) in [5, 5.41) is 7.81. The van der Waals surface area contributed by atoms with E-state index >= 15 is 0 Å². The average Bonchev–Trinajstić information content (AvgIpc) is 2.83. The summed E-state index contributed by atoms with van der Waals surface area (Å²) in [4.78, 5) is 11.4. The topological polar surface area (TPSA) is 57.0 Å². The fraction of sp³-hybridized carbons (Fsp3) is 0.786. The van der Waals surface area contributed by atoms with Gasteiger partial charge in [0.2, 0.25) is 0 Å². The zero-order valence-electron chi connectivity index (χ0n) is 12.3. The molecule has 0 aliphatic heterocycles. The van der Waals surface area contributed by atoms with Gasteiger partial charge in [0.15, 0.2) is 5.69 Å². The normalized spacial score (nSPS) is 12.4. The number of esters is 1. The van der Waals surface area contributed by atoms with E-state index in [4.69, 9.17) is 4.74 Å². The maximum absolute atomic E-state index is 11.4. The Hall–Kier alpha value is -1.39. The Morgan fingerprint density at radius 1 is 1.37 bits per heavy atom. The Balaban J connectivity index is 2.34. The van der Waals surface area contributed by atoms with Crippen LogP contribution in [0, 0.1) is 5.92 Å². The van der Waals surface area contributed by atoms with Gasteiger partial charge in [0, 0.05) is 6.54 Å². The minimum Gasteiger partial charge on any atom is -0.461 e. The molecule has 0 radical (unpaired) electrons. The first kappa shape index (κ1) is 15.7. The van der Waals surface area contributed by atoms with Crippen molar-refractivity contribution >= 4 is 5.97 Å². The van der Waals surface area contributed by atoms with E-state index in [-0.39, 0.29) is 0 Å². The summed E-state index contributed by atoms with van der Waals surface area (Å²) in [5.41, 5.74) is 0.292. The number of aromatic nitrogens is 3. The highest BCUT2D eigenvalue weighted by molar-refractivity contribution is 5.86. The van der Waals surface area contributed by atoms with Crippen LogP contribution >= 0.6 is 0 Å². The second kappa shape index (κ2) is 8.67. The maximum atomic E-state index is 11.4. The largest absolute Gasteiger partial charge is 0.461 e. The van der Waals surface area contributed by atoms with Crippen molar-refractivity contribution in [1.29, 1.82) is 0 Å². The molecule has 0 N–H and O–H groups in total. The molecule has 1 atom stereocenters. The van der Waals surface area contributed by atoms with Gasteiger partial charge in [0.25, 0.3) is 0 Å². The Kier molecular flexibility index (Phi) is 7.15. The second-order valence-electron chi connectivity index (χ2n) is 5.00. The Labute approximate surface area is 115 Å². The summed E-state index contributed by atoms with van der Waals surface area (Å²) in [6.45, 7) is 7.37. The molecule has 0 fully saturated rings. The van der Waals surface area contributed by atoms with Gasteiger partial charge in [-0.3, -0.25) is 4.68 Å². The standard InChI is InChI=1S/C14H25N3O2/c1-4-6-7-8-9-12(3)10-17-11-13(15-16-17)14(18)19-5-2/h11-12H,4-10H2,1-3H3. The van der Waals surface area contributed by atoms with Gasteiger partial charge in [0.1, 0.15) is 0 Å². The number of hydrogen-bond donors (Lipinski definition) is 0. The van der Waals surface area contributed by atoms with E-state index in [0.717, 1.165) is 6.54 Å². The van der Waals surface area contributed by atoms with Crippen molar-refractivity contribution in [2.45, 2.75) is 59.4 Å². The van der Waals surface area contributed by atoms with Crippen LogP contribution in [0.25, 0.3) is 0 Å². The lowest BCUT2D eigenvalue weighted by molar-refractivity contribution is 0.0519. The first-order chi connectivity index (χ1) is 9.17. The summed E-state index contributed by atoms with van der Waals surface area (Å²) >= 11 is 0. The monoisotopic (exact) mass is 267 g/mol. The van der Waals surface area contributed by atoms with E-state index in [2.05, 4.69) is 24.2 Å². The minimum absolute atomic E-state index is 0.292. The predicted molar refractivity (Wildman–Crippen MR) is 73.9 cm³/mol. The van der Waals surface area contributed by atoms with Crippen LogP contribution in [0.3, 0.4) is 0 Å². The third kappa shape index (κ3) is 5.85. The van der Waals surface area contributed by atoms with Gasteiger partial charge in [-0.2, -0.15) is 0 Å². The van der Waals surface area contributed by atoms with Crippen molar-refractivity contribution in [2.24, 2.45) is 5.92 Å². The quantitative estimate of drug-likeness (QED) is 0.509. The van der Waals surface area contributed by atoms with Gasteiger partial charge in [-0.25, -0.2) is 4.79 Å². The zero-order valence-corrected chi connectivity index (χ0v) is 12.3. The summed E-state index contributed by atoms with van der Waals surface area (Å²) in [7, 11) is 0. The second-order valence-corrected chi connectivity index (χ2v) is 5.00. The maximum Gasteiger partial charge on any atom is 0.360 e. The van der Waals surface area contributed by atoms with Crippen LogP contribution in [-0.4, -0.2) is 27.6 Å². The fourth-order valence-electron chi connectivity index (χ4n) is 2.02. The first-order valence-electron chi connectivity index (χ1n) is 7.24. The Bertz CT molecular complexity index is 377. The third-order valence-corrected chi connectivity index (χ3v) is 3.07. The van der Waals surface area contributed by atoms with Gasteiger partial charge in [-0.15, -0.1) is 5.10 Å². The molecule has 0 spiro atoms. The fourth-order valence-corrected chi connectivity index (χ4v) is 2.02. The van der Waals surface area contributed by atoms with Gasteiger partial charge < -0.3 is 4.74 Å². The SMILES string of the molecule is CCCCCCC(C)Cn1cc(C(=O)OCC)nn1. The number of nitrogens with zero attached hydrogens (tertiary/aromatic N) is 3. The smallest absolute Gasteiger partial charge is 0.360 e. The molecule has 5 heteroatoms. The van der Waals surface area contributed by atoms with Gasteiger partial charge in [-0.05, 0) is 19.3 Å². The Morgan fingerprint density at radius 2 is 2.16 bits per heavy atom. The molecular formula is C14H25N3O2. The molecule has 0 amide bonds. The Morgan fingerprint density at radius 3 is 2.84 bits per heavy atom. The highest BCUT2D eigenvalue weighted by Gasteiger charge is 2.12. The lowest BCUT2D eigenvalue weighted by atomic mass is 10.0. The first-order valence-corrected chi connectivity index (χ1v) is 7.24.